The summed E-state index contributed by atoms with van der Waals surface area (Å²) in [5, 5.41) is 3.20. The second-order valence-electron chi connectivity index (χ2n) is 3.58. The molecule has 0 saturated heterocycles. The quantitative estimate of drug-likeness (QED) is 0.767. The SMILES string of the molecule is CC(CS(C)=O)Nc1ccc(C(N)=S)nc1. The number of thiocarbonyl (C=S) groups is 1. The fraction of sp³-hybridized carbons (Fsp3) is 0.400. The highest BCUT2D eigenvalue weighted by Crippen LogP contribution is 2.08. The number of hydrogen-bond acceptors (Lipinski definition) is 4. The van der Waals surface area contributed by atoms with Crippen molar-refractivity contribution in [3.63, 3.8) is 0 Å². The highest BCUT2D eigenvalue weighted by atomic mass is 32.2. The van der Waals surface area contributed by atoms with Crippen LogP contribution in [0.25, 0.3) is 0 Å². The van der Waals surface area contributed by atoms with Crippen LogP contribution in [0.1, 0.15) is 12.6 Å². The molecule has 0 fully saturated rings. The third-order valence-electron chi connectivity index (χ3n) is 1.91. The number of anilines is 1. The number of pyridine rings is 1. The first-order valence-electron chi connectivity index (χ1n) is 4.81. The summed E-state index contributed by atoms with van der Waals surface area (Å²) in [6, 6.07) is 3.76. The molecule has 0 bridgehead atoms. The van der Waals surface area contributed by atoms with E-state index in [-0.39, 0.29) is 11.0 Å². The fourth-order valence-electron chi connectivity index (χ4n) is 1.30. The smallest absolute Gasteiger partial charge is 0.122 e. The van der Waals surface area contributed by atoms with Gasteiger partial charge in [-0.3, -0.25) is 9.19 Å². The minimum absolute atomic E-state index is 0.142. The molecule has 2 unspecified atom stereocenters. The van der Waals surface area contributed by atoms with Gasteiger partial charge in [0.1, 0.15) is 4.99 Å². The van der Waals surface area contributed by atoms with Gasteiger partial charge in [-0.15, -0.1) is 0 Å². The van der Waals surface area contributed by atoms with E-state index in [0.29, 0.717) is 11.4 Å². The molecule has 1 aromatic rings. The maximum absolute atomic E-state index is 11.0. The van der Waals surface area contributed by atoms with Gasteiger partial charge in [-0.1, -0.05) is 12.2 Å². The van der Waals surface area contributed by atoms with Crippen molar-refractivity contribution in [3.05, 3.63) is 24.0 Å². The molecule has 1 heterocycles. The van der Waals surface area contributed by atoms with Gasteiger partial charge < -0.3 is 11.1 Å². The average molecular weight is 257 g/mol. The van der Waals surface area contributed by atoms with E-state index in [1.165, 1.54) is 0 Å². The number of nitrogens with two attached hydrogens (primary N) is 1. The Hall–Kier alpha value is -1.01. The van der Waals surface area contributed by atoms with Crippen LogP contribution in [0, 0.1) is 0 Å². The normalized spacial score (nSPS) is 14.1. The van der Waals surface area contributed by atoms with Crippen molar-refractivity contribution in [2.24, 2.45) is 5.73 Å². The summed E-state index contributed by atoms with van der Waals surface area (Å²) in [6.45, 7) is 1.98. The molecule has 0 saturated carbocycles. The van der Waals surface area contributed by atoms with E-state index in [1.807, 2.05) is 13.0 Å². The summed E-state index contributed by atoms with van der Waals surface area (Å²) < 4.78 is 11.0. The largest absolute Gasteiger partial charge is 0.388 e. The predicted molar refractivity (Wildman–Crippen MR) is 72.1 cm³/mol. The summed E-state index contributed by atoms with van der Waals surface area (Å²) in [5.41, 5.74) is 6.92. The van der Waals surface area contributed by atoms with Crippen LogP contribution in [-0.4, -0.2) is 32.2 Å². The molecule has 0 amide bonds. The van der Waals surface area contributed by atoms with Gasteiger partial charge in [0, 0.05) is 28.9 Å². The molecular weight excluding hydrogens is 242 g/mol. The topological polar surface area (TPSA) is 68.0 Å². The Labute approximate surface area is 103 Å². The van der Waals surface area contributed by atoms with Crippen molar-refractivity contribution in [2.75, 3.05) is 17.3 Å². The molecule has 4 nitrogen and oxygen atoms in total. The van der Waals surface area contributed by atoms with E-state index in [0.717, 1.165) is 5.69 Å². The van der Waals surface area contributed by atoms with Crippen LogP contribution in [0.15, 0.2) is 18.3 Å². The van der Waals surface area contributed by atoms with Gasteiger partial charge in [-0.05, 0) is 19.1 Å². The molecular formula is C10H15N3OS2. The van der Waals surface area contributed by atoms with E-state index >= 15 is 0 Å². The zero-order valence-electron chi connectivity index (χ0n) is 9.27. The van der Waals surface area contributed by atoms with Gasteiger partial charge >= 0.3 is 0 Å². The fourth-order valence-corrected chi connectivity index (χ4v) is 2.21. The van der Waals surface area contributed by atoms with Crippen LogP contribution in [0.2, 0.25) is 0 Å². The molecule has 2 atom stereocenters. The second kappa shape index (κ2) is 5.91. The zero-order valence-corrected chi connectivity index (χ0v) is 10.9. The highest BCUT2D eigenvalue weighted by molar-refractivity contribution is 7.84. The van der Waals surface area contributed by atoms with Crippen molar-refractivity contribution < 1.29 is 4.21 Å². The van der Waals surface area contributed by atoms with Crippen molar-refractivity contribution in [2.45, 2.75) is 13.0 Å². The van der Waals surface area contributed by atoms with Gasteiger partial charge in [0.05, 0.1) is 17.6 Å². The molecule has 16 heavy (non-hydrogen) atoms. The lowest BCUT2D eigenvalue weighted by atomic mass is 10.3. The molecule has 1 rings (SSSR count). The Morgan fingerprint density at radius 1 is 1.69 bits per heavy atom. The van der Waals surface area contributed by atoms with E-state index in [2.05, 4.69) is 10.3 Å². The molecule has 0 aromatic carbocycles. The van der Waals surface area contributed by atoms with Crippen molar-refractivity contribution >= 4 is 33.7 Å². The molecule has 1 aromatic heterocycles. The maximum atomic E-state index is 11.0. The van der Waals surface area contributed by atoms with Crippen molar-refractivity contribution in [1.29, 1.82) is 0 Å². The van der Waals surface area contributed by atoms with Gasteiger partial charge in [0.2, 0.25) is 0 Å². The number of hydrogen-bond donors (Lipinski definition) is 2. The minimum atomic E-state index is -0.805. The van der Waals surface area contributed by atoms with Gasteiger partial charge in [0.15, 0.2) is 0 Å². The Morgan fingerprint density at radius 3 is 2.81 bits per heavy atom. The number of nitrogens with one attached hydrogen (secondary N) is 1. The Bertz CT molecular complexity index is 392. The first kappa shape index (κ1) is 13.1. The van der Waals surface area contributed by atoms with E-state index < -0.39 is 10.8 Å². The first-order valence-corrected chi connectivity index (χ1v) is 6.95. The van der Waals surface area contributed by atoms with E-state index in [1.54, 1.807) is 18.5 Å². The molecule has 0 radical (unpaired) electrons. The molecule has 0 aliphatic heterocycles. The van der Waals surface area contributed by atoms with E-state index in [9.17, 15) is 4.21 Å². The lowest BCUT2D eigenvalue weighted by Crippen LogP contribution is -2.22. The van der Waals surface area contributed by atoms with Crippen molar-refractivity contribution in [1.82, 2.24) is 4.98 Å². The van der Waals surface area contributed by atoms with Crippen LogP contribution < -0.4 is 11.1 Å². The molecule has 3 N–H and O–H groups in total. The summed E-state index contributed by atoms with van der Waals surface area (Å²) in [4.78, 5) is 4.39. The average Bonchev–Trinajstić information content (AvgIpc) is 2.16. The summed E-state index contributed by atoms with van der Waals surface area (Å²) >= 11 is 4.80. The lowest BCUT2D eigenvalue weighted by molar-refractivity contribution is 0.683. The Balaban J connectivity index is 2.61. The molecule has 0 aliphatic rings. The molecule has 6 heteroatoms. The minimum Gasteiger partial charge on any atom is -0.388 e. The predicted octanol–water partition coefficient (Wildman–Crippen LogP) is 0.895. The number of rotatable bonds is 5. The molecule has 88 valence electrons. The standard InChI is InChI=1S/C10H15N3OS2/c1-7(6-16(2)14)13-8-3-4-9(10(11)15)12-5-8/h3-5,7,13H,6H2,1-2H3,(H2,11,15). The van der Waals surface area contributed by atoms with Crippen LogP contribution in [0.4, 0.5) is 5.69 Å². The number of aromatic nitrogens is 1. The third kappa shape index (κ3) is 4.24. The summed E-state index contributed by atoms with van der Waals surface area (Å²) in [5.74, 6) is 0.608. The highest BCUT2D eigenvalue weighted by Gasteiger charge is 2.05. The maximum Gasteiger partial charge on any atom is 0.122 e. The van der Waals surface area contributed by atoms with Gasteiger partial charge in [0.25, 0.3) is 0 Å². The Morgan fingerprint density at radius 2 is 2.38 bits per heavy atom. The molecule has 0 spiro atoms. The van der Waals surface area contributed by atoms with Crippen LogP contribution in [0.5, 0.6) is 0 Å². The van der Waals surface area contributed by atoms with Crippen LogP contribution in [-0.2, 0) is 10.8 Å². The van der Waals surface area contributed by atoms with E-state index in [4.69, 9.17) is 18.0 Å². The number of nitrogens with zero attached hydrogens (tertiary/aromatic N) is 1. The summed E-state index contributed by atoms with van der Waals surface area (Å²) in [7, 11) is -0.805. The lowest BCUT2D eigenvalue weighted by Gasteiger charge is -2.13. The molecule has 0 aliphatic carbocycles. The van der Waals surface area contributed by atoms with Crippen molar-refractivity contribution in [3.8, 4) is 0 Å². The second-order valence-corrected chi connectivity index (χ2v) is 5.50. The third-order valence-corrected chi connectivity index (χ3v) is 3.09. The van der Waals surface area contributed by atoms with Crippen LogP contribution in [0.3, 0.4) is 0 Å². The van der Waals surface area contributed by atoms with Gasteiger partial charge in [-0.25, -0.2) is 0 Å². The summed E-state index contributed by atoms with van der Waals surface area (Å²) in [6.07, 6.45) is 3.36. The van der Waals surface area contributed by atoms with Gasteiger partial charge in [-0.2, -0.15) is 0 Å². The first-order chi connectivity index (χ1) is 7.49. The monoisotopic (exact) mass is 257 g/mol. The zero-order chi connectivity index (χ0) is 12.1. The van der Waals surface area contributed by atoms with Crippen LogP contribution >= 0.6 is 12.2 Å². The Kier molecular flexibility index (Phi) is 4.82.